The fourth-order valence-electron chi connectivity index (χ4n) is 4.18. The minimum Gasteiger partial charge on any atom is -0.282 e. The number of hydrogen-bond acceptors (Lipinski definition) is 2. The SMILES string of the molecule is CCCCCCCCc1ccc2c(S(=O)(=O)O)cc(CCCCCCCC)cc2c1. The third-order valence-electron chi connectivity index (χ3n) is 5.95. The first kappa shape index (κ1) is 24.9. The van der Waals surface area contributed by atoms with Crippen LogP contribution in [0.2, 0.25) is 0 Å². The predicted octanol–water partition coefficient (Wildman–Crippen LogP) is 7.89. The first-order valence-corrected chi connectivity index (χ1v) is 13.4. The van der Waals surface area contributed by atoms with E-state index in [0.717, 1.165) is 43.1 Å². The van der Waals surface area contributed by atoms with Crippen molar-refractivity contribution in [2.24, 2.45) is 0 Å². The normalized spacial score (nSPS) is 12.0. The third kappa shape index (κ3) is 8.39. The first-order valence-electron chi connectivity index (χ1n) is 12.0. The Morgan fingerprint density at radius 2 is 1.17 bits per heavy atom. The number of unbranched alkanes of at least 4 members (excludes halogenated alkanes) is 10. The molecule has 0 aromatic heterocycles. The molecule has 2 aromatic carbocycles. The van der Waals surface area contributed by atoms with Crippen molar-refractivity contribution in [3.8, 4) is 0 Å². The van der Waals surface area contributed by atoms with Crippen molar-refractivity contribution in [3.05, 3.63) is 41.5 Å². The van der Waals surface area contributed by atoms with Gasteiger partial charge in [-0.3, -0.25) is 4.55 Å². The van der Waals surface area contributed by atoms with Crippen molar-refractivity contribution in [3.63, 3.8) is 0 Å². The van der Waals surface area contributed by atoms with Crippen molar-refractivity contribution in [1.29, 1.82) is 0 Å². The summed E-state index contributed by atoms with van der Waals surface area (Å²) >= 11 is 0. The van der Waals surface area contributed by atoms with Gasteiger partial charge < -0.3 is 0 Å². The van der Waals surface area contributed by atoms with Crippen LogP contribution in [0.15, 0.2) is 35.2 Å². The van der Waals surface area contributed by atoms with Crippen LogP contribution in [-0.4, -0.2) is 13.0 Å². The molecule has 0 fully saturated rings. The van der Waals surface area contributed by atoms with Crippen molar-refractivity contribution in [2.45, 2.75) is 109 Å². The zero-order valence-electron chi connectivity index (χ0n) is 19.0. The minimum atomic E-state index is -4.24. The fourth-order valence-corrected chi connectivity index (χ4v) is 4.94. The fraction of sp³-hybridized carbons (Fsp3) is 0.615. The molecule has 2 aromatic rings. The Morgan fingerprint density at radius 3 is 1.73 bits per heavy atom. The van der Waals surface area contributed by atoms with Gasteiger partial charge in [-0.15, -0.1) is 0 Å². The second-order valence-corrected chi connectivity index (χ2v) is 10.1. The smallest absolute Gasteiger partial charge is 0.282 e. The van der Waals surface area contributed by atoms with E-state index in [-0.39, 0.29) is 4.90 Å². The lowest BCUT2D eigenvalue weighted by Gasteiger charge is -2.11. The minimum absolute atomic E-state index is 0.0482. The summed E-state index contributed by atoms with van der Waals surface area (Å²) in [5.74, 6) is 0. The maximum Gasteiger partial charge on any atom is 0.295 e. The molecular weight excluding hydrogens is 392 g/mol. The highest BCUT2D eigenvalue weighted by Gasteiger charge is 2.16. The van der Waals surface area contributed by atoms with E-state index in [2.05, 4.69) is 26.0 Å². The lowest BCUT2D eigenvalue weighted by molar-refractivity contribution is 0.484. The Kier molecular flexibility index (Phi) is 10.9. The molecule has 0 heterocycles. The lowest BCUT2D eigenvalue weighted by Crippen LogP contribution is -2.01. The van der Waals surface area contributed by atoms with E-state index in [9.17, 15) is 13.0 Å². The molecule has 0 unspecified atom stereocenters. The molecule has 0 aliphatic rings. The van der Waals surface area contributed by atoms with Crippen molar-refractivity contribution in [2.75, 3.05) is 0 Å². The Labute approximate surface area is 184 Å². The van der Waals surface area contributed by atoms with Gasteiger partial charge in [-0.2, -0.15) is 8.42 Å². The molecule has 0 saturated heterocycles. The molecule has 30 heavy (non-hydrogen) atoms. The van der Waals surface area contributed by atoms with Gasteiger partial charge in [0.1, 0.15) is 4.90 Å². The first-order chi connectivity index (χ1) is 14.5. The standard InChI is InChI=1S/C26H40O3S/c1-3-5-7-9-11-13-15-22-17-18-25-24(19-22)20-23(21-26(25)30(27,28)29)16-14-12-10-8-6-4-2/h17-21H,3-16H2,1-2H3,(H,27,28,29). The Balaban J connectivity index is 2.08. The molecule has 0 bridgehead atoms. The summed E-state index contributed by atoms with van der Waals surface area (Å²) in [7, 11) is -4.24. The molecule has 0 aliphatic heterocycles. The van der Waals surface area contributed by atoms with E-state index >= 15 is 0 Å². The van der Waals surface area contributed by atoms with Crippen molar-refractivity contribution in [1.82, 2.24) is 0 Å². The molecule has 3 nitrogen and oxygen atoms in total. The topological polar surface area (TPSA) is 54.4 Å². The highest BCUT2D eigenvalue weighted by Crippen LogP contribution is 2.28. The largest absolute Gasteiger partial charge is 0.295 e. The number of fused-ring (bicyclic) bond motifs is 1. The summed E-state index contributed by atoms with van der Waals surface area (Å²) < 4.78 is 33.7. The summed E-state index contributed by atoms with van der Waals surface area (Å²) in [4.78, 5) is 0.0482. The van der Waals surface area contributed by atoms with Gasteiger partial charge in [0.05, 0.1) is 0 Å². The highest BCUT2D eigenvalue weighted by molar-refractivity contribution is 7.86. The zero-order chi connectivity index (χ0) is 21.8. The molecule has 0 aliphatic carbocycles. The lowest BCUT2D eigenvalue weighted by atomic mass is 9.98. The van der Waals surface area contributed by atoms with E-state index in [1.165, 1.54) is 63.4 Å². The van der Waals surface area contributed by atoms with Gasteiger partial charge >= 0.3 is 0 Å². The third-order valence-corrected chi connectivity index (χ3v) is 6.85. The maximum atomic E-state index is 12.0. The number of benzene rings is 2. The van der Waals surface area contributed by atoms with Crippen LogP contribution in [0.25, 0.3) is 10.8 Å². The van der Waals surface area contributed by atoms with Crippen LogP contribution in [0.5, 0.6) is 0 Å². The van der Waals surface area contributed by atoms with E-state index in [1.54, 1.807) is 6.07 Å². The average Bonchev–Trinajstić information content (AvgIpc) is 2.71. The zero-order valence-corrected chi connectivity index (χ0v) is 19.8. The van der Waals surface area contributed by atoms with Crippen molar-refractivity contribution < 1.29 is 13.0 Å². The molecule has 1 N–H and O–H groups in total. The van der Waals surface area contributed by atoms with Crippen LogP contribution >= 0.6 is 0 Å². The molecule has 0 spiro atoms. The number of rotatable bonds is 15. The van der Waals surface area contributed by atoms with Gasteiger partial charge in [0.2, 0.25) is 0 Å². The molecule has 0 atom stereocenters. The summed E-state index contributed by atoms with van der Waals surface area (Å²) in [5, 5.41) is 1.55. The average molecular weight is 433 g/mol. The molecule has 0 amide bonds. The van der Waals surface area contributed by atoms with Crippen LogP contribution < -0.4 is 0 Å². The van der Waals surface area contributed by atoms with Gasteiger partial charge in [-0.25, -0.2) is 0 Å². The van der Waals surface area contributed by atoms with Crippen LogP contribution in [0.3, 0.4) is 0 Å². The molecule has 0 saturated carbocycles. The van der Waals surface area contributed by atoms with E-state index < -0.39 is 10.1 Å². The maximum absolute atomic E-state index is 12.0. The quantitative estimate of drug-likeness (QED) is 0.230. The van der Waals surface area contributed by atoms with Gasteiger partial charge in [0, 0.05) is 5.39 Å². The van der Waals surface area contributed by atoms with Crippen molar-refractivity contribution >= 4 is 20.9 Å². The second kappa shape index (κ2) is 13.1. The second-order valence-electron chi connectivity index (χ2n) is 8.66. The Morgan fingerprint density at radius 1 is 0.667 bits per heavy atom. The summed E-state index contributed by atoms with van der Waals surface area (Å²) in [6.45, 7) is 4.45. The van der Waals surface area contributed by atoms with E-state index in [1.807, 2.05) is 12.1 Å². The van der Waals surface area contributed by atoms with Crippen LogP contribution in [0, 0.1) is 0 Å². The van der Waals surface area contributed by atoms with E-state index in [4.69, 9.17) is 0 Å². The van der Waals surface area contributed by atoms with E-state index in [0.29, 0.717) is 5.39 Å². The molecule has 168 valence electrons. The van der Waals surface area contributed by atoms with Gasteiger partial charge in [-0.05, 0) is 48.3 Å². The molecule has 0 radical (unpaired) electrons. The molecular formula is C26H40O3S. The van der Waals surface area contributed by atoms with Gasteiger partial charge in [0.25, 0.3) is 10.1 Å². The summed E-state index contributed by atoms with van der Waals surface area (Å²) in [6, 6.07) is 9.76. The summed E-state index contributed by atoms with van der Waals surface area (Å²) in [5.41, 5.74) is 2.25. The van der Waals surface area contributed by atoms with Crippen LogP contribution in [-0.2, 0) is 23.0 Å². The number of aryl methyl sites for hydroxylation is 2. The van der Waals surface area contributed by atoms with Crippen LogP contribution in [0.4, 0.5) is 0 Å². The van der Waals surface area contributed by atoms with Gasteiger partial charge in [0.15, 0.2) is 0 Å². The highest BCUT2D eigenvalue weighted by atomic mass is 32.2. The Hall–Kier alpha value is -1.39. The Bertz CT molecular complexity index is 866. The predicted molar refractivity (Wildman–Crippen MR) is 128 cm³/mol. The number of hydrogen-bond donors (Lipinski definition) is 1. The van der Waals surface area contributed by atoms with Gasteiger partial charge in [-0.1, -0.05) is 102 Å². The summed E-state index contributed by atoms with van der Waals surface area (Å²) in [6.07, 6.45) is 16.7. The molecule has 4 heteroatoms. The molecule has 2 rings (SSSR count). The monoisotopic (exact) mass is 432 g/mol. The van der Waals surface area contributed by atoms with Crippen LogP contribution in [0.1, 0.15) is 102 Å².